The van der Waals surface area contributed by atoms with E-state index in [0.717, 1.165) is 36.6 Å². The van der Waals surface area contributed by atoms with Gasteiger partial charge in [0.1, 0.15) is 5.75 Å². The van der Waals surface area contributed by atoms with Crippen molar-refractivity contribution in [3.05, 3.63) is 65.2 Å². The lowest BCUT2D eigenvalue weighted by Crippen LogP contribution is -2.63. The van der Waals surface area contributed by atoms with Crippen LogP contribution in [0.1, 0.15) is 47.2 Å². The van der Waals surface area contributed by atoms with E-state index in [1.54, 1.807) is 24.3 Å². The minimum absolute atomic E-state index is 0.0640. The zero-order chi connectivity index (χ0) is 25.2. The number of carbonyl (C=O) groups is 2. The van der Waals surface area contributed by atoms with Crippen molar-refractivity contribution < 1.29 is 33.0 Å². The van der Waals surface area contributed by atoms with E-state index in [9.17, 15) is 33.0 Å². The number of amides is 2. The number of alkyl halides is 3. The Morgan fingerprint density at radius 2 is 1.71 bits per heavy atom. The number of hydrogen-bond donors (Lipinski definition) is 4. The van der Waals surface area contributed by atoms with Crippen molar-refractivity contribution in [3.63, 3.8) is 0 Å². The van der Waals surface area contributed by atoms with Crippen molar-refractivity contribution in [1.29, 1.82) is 0 Å². The summed E-state index contributed by atoms with van der Waals surface area (Å²) in [5.74, 6) is -0.986. The summed E-state index contributed by atoms with van der Waals surface area (Å²) < 4.78 is 38.4. The first kappa shape index (κ1) is 25.0. The monoisotopic (exact) mass is 491 g/mol. The van der Waals surface area contributed by atoms with Gasteiger partial charge in [0.2, 0.25) is 5.91 Å². The molecule has 0 atom stereocenters. The Morgan fingerprint density at radius 1 is 1.06 bits per heavy atom. The van der Waals surface area contributed by atoms with Crippen molar-refractivity contribution in [2.24, 2.45) is 0 Å². The summed E-state index contributed by atoms with van der Waals surface area (Å²) in [7, 11) is 0. The lowest BCUT2D eigenvalue weighted by atomic mass is 9.76. The summed E-state index contributed by atoms with van der Waals surface area (Å²) in [6.45, 7) is 1.000. The van der Waals surface area contributed by atoms with Crippen molar-refractivity contribution in [3.8, 4) is 5.75 Å². The van der Waals surface area contributed by atoms with Crippen LogP contribution in [0.2, 0.25) is 0 Å². The van der Waals surface area contributed by atoms with Crippen molar-refractivity contribution in [2.75, 3.05) is 19.6 Å². The molecule has 1 heterocycles. The van der Waals surface area contributed by atoms with Crippen LogP contribution in [0.5, 0.6) is 5.75 Å². The Hall–Kier alpha value is -3.11. The molecule has 35 heavy (non-hydrogen) atoms. The number of phenols is 1. The van der Waals surface area contributed by atoms with E-state index in [1.165, 1.54) is 6.07 Å². The Bertz CT molecular complexity index is 1060. The number of aromatic hydroxyl groups is 1. The van der Waals surface area contributed by atoms with Crippen molar-refractivity contribution in [2.45, 2.75) is 49.5 Å². The smallest absolute Gasteiger partial charge is 0.416 e. The molecule has 2 aromatic carbocycles. The number of halogens is 3. The van der Waals surface area contributed by atoms with Crippen LogP contribution in [0.15, 0.2) is 48.5 Å². The van der Waals surface area contributed by atoms with Gasteiger partial charge in [-0.15, -0.1) is 0 Å². The fourth-order valence-corrected chi connectivity index (χ4v) is 4.79. The van der Waals surface area contributed by atoms with Crippen LogP contribution in [0.25, 0.3) is 0 Å². The predicted molar refractivity (Wildman–Crippen MR) is 122 cm³/mol. The third-order valence-corrected chi connectivity index (χ3v) is 6.84. The molecule has 1 saturated heterocycles. The minimum atomic E-state index is -4.55. The molecular weight excluding hydrogens is 463 g/mol. The van der Waals surface area contributed by atoms with E-state index in [2.05, 4.69) is 15.5 Å². The number of rotatable bonds is 6. The minimum Gasteiger partial charge on any atom is -0.508 e. The number of phenolic OH excluding ortho intramolecular Hbond substituents is 1. The molecule has 1 aliphatic carbocycles. The number of nitrogens with zero attached hydrogens (tertiary/aromatic N) is 1. The normalized spacial score (nSPS) is 23.4. The van der Waals surface area contributed by atoms with Gasteiger partial charge in [0.15, 0.2) is 0 Å². The summed E-state index contributed by atoms with van der Waals surface area (Å²) in [6.07, 6.45) is -1.71. The quantitative estimate of drug-likeness (QED) is 0.498. The first-order valence-electron chi connectivity index (χ1n) is 11.5. The van der Waals surface area contributed by atoms with E-state index in [4.69, 9.17) is 0 Å². The first-order valence-corrected chi connectivity index (χ1v) is 11.5. The van der Waals surface area contributed by atoms with Crippen LogP contribution in [0.3, 0.4) is 0 Å². The summed E-state index contributed by atoms with van der Waals surface area (Å²) in [4.78, 5) is 26.6. The second-order valence-electron chi connectivity index (χ2n) is 9.29. The van der Waals surface area contributed by atoms with E-state index in [1.807, 2.05) is 0 Å². The van der Waals surface area contributed by atoms with Gasteiger partial charge in [-0.1, -0.05) is 18.2 Å². The molecular formula is C25H28F3N3O4. The Morgan fingerprint density at radius 3 is 2.34 bits per heavy atom. The first-order chi connectivity index (χ1) is 16.5. The van der Waals surface area contributed by atoms with Gasteiger partial charge in [-0.25, -0.2) is 0 Å². The molecule has 0 radical (unpaired) electrons. The van der Waals surface area contributed by atoms with Crippen LogP contribution in [0.4, 0.5) is 13.2 Å². The third kappa shape index (κ3) is 5.94. The highest BCUT2D eigenvalue weighted by Gasteiger charge is 2.40. The molecule has 10 heteroatoms. The molecule has 4 rings (SSSR count). The average Bonchev–Trinajstić information content (AvgIpc) is 2.80. The Balaban J connectivity index is 1.18. The van der Waals surface area contributed by atoms with E-state index < -0.39 is 29.2 Å². The maximum absolute atomic E-state index is 12.8. The second kappa shape index (κ2) is 9.87. The topological polar surface area (TPSA) is 102 Å². The summed E-state index contributed by atoms with van der Waals surface area (Å²) in [5.41, 5.74) is -1.18. The predicted octanol–water partition coefficient (Wildman–Crippen LogP) is 2.77. The average molecular weight is 492 g/mol. The number of nitrogens with one attached hydrogen (secondary N) is 2. The third-order valence-electron chi connectivity index (χ3n) is 6.84. The summed E-state index contributed by atoms with van der Waals surface area (Å²) in [6, 6.07) is 10.9. The summed E-state index contributed by atoms with van der Waals surface area (Å²) in [5, 5.41) is 25.6. The number of carbonyl (C=O) groups excluding carboxylic acids is 2. The van der Waals surface area contributed by atoms with E-state index >= 15 is 0 Å². The van der Waals surface area contributed by atoms with Crippen LogP contribution < -0.4 is 10.6 Å². The maximum atomic E-state index is 12.8. The lowest BCUT2D eigenvalue weighted by Gasteiger charge is -2.48. The molecule has 0 aromatic heterocycles. The zero-order valence-corrected chi connectivity index (χ0v) is 19.0. The van der Waals surface area contributed by atoms with Crippen LogP contribution in [-0.4, -0.2) is 58.6 Å². The molecule has 188 valence electrons. The van der Waals surface area contributed by atoms with Crippen molar-refractivity contribution in [1.82, 2.24) is 15.5 Å². The SMILES string of the molecule is O=C(CNC(=O)c1cccc(C(F)(F)F)c1)NC1CN([C@H]2CC[C@@](O)(c3ccc(O)cc3)CC2)C1. The highest BCUT2D eigenvalue weighted by molar-refractivity contribution is 5.96. The molecule has 1 saturated carbocycles. The van der Waals surface area contributed by atoms with Gasteiger partial charge in [-0.3, -0.25) is 14.5 Å². The standard InChI is InChI=1S/C25H28F3N3O4/c26-25(27,28)18-3-1-2-16(12-18)23(34)29-13-22(33)30-19-14-31(15-19)20-8-10-24(35,11-9-20)17-4-6-21(32)7-5-17/h1-7,12,19-20,32,35H,8-11,13-15H2,(H,29,34)(H,30,33)/t20-,24-. The van der Waals surface area contributed by atoms with Gasteiger partial charge in [-0.05, 0) is 61.6 Å². The fraction of sp³-hybridized carbons (Fsp3) is 0.440. The van der Waals surface area contributed by atoms with Gasteiger partial charge >= 0.3 is 6.18 Å². The van der Waals surface area contributed by atoms with Crippen LogP contribution in [0, 0.1) is 0 Å². The van der Waals surface area contributed by atoms with Crippen LogP contribution in [-0.2, 0) is 16.6 Å². The van der Waals surface area contributed by atoms with Gasteiger partial charge in [0.05, 0.1) is 23.8 Å². The zero-order valence-electron chi connectivity index (χ0n) is 19.0. The second-order valence-corrected chi connectivity index (χ2v) is 9.29. The lowest BCUT2D eigenvalue weighted by molar-refractivity contribution is -0.137. The molecule has 0 bridgehead atoms. The summed E-state index contributed by atoms with van der Waals surface area (Å²) >= 11 is 0. The maximum Gasteiger partial charge on any atom is 0.416 e. The van der Waals surface area contributed by atoms with Gasteiger partial charge in [0, 0.05) is 24.7 Å². The highest BCUT2D eigenvalue weighted by atomic mass is 19.4. The molecule has 7 nitrogen and oxygen atoms in total. The Labute approximate surface area is 200 Å². The van der Waals surface area contributed by atoms with Crippen molar-refractivity contribution >= 4 is 11.8 Å². The number of hydrogen-bond acceptors (Lipinski definition) is 5. The molecule has 2 aromatic rings. The fourth-order valence-electron chi connectivity index (χ4n) is 4.79. The molecule has 0 unspecified atom stereocenters. The van der Waals surface area contributed by atoms with Gasteiger partial charge < -0.3 is 20.8 Å². The highest BCUT2D eigenvalue weighted by Crippen LogP contribution is 2.39. The van der Waals surface area contributed by atoms with E-state index in [0.29, 0.717) is 32.0 Å². The van der Waals surface area contributed by atoms with Gasteiger partial charge in [-0.2, -0.15) is 13.2 Å². The molecule has 1 aliphatic heterocycles. The Kier molecular flexibility index (Phi) is 7.05. The number of aliphatic hydroxyl groups is 1. The van der Waals surface area contributed by atoms with Crippen LogP contribution >= 0.6 is 0 Å². The number of likely N-dealkylation sites (tertiary alicyclic amines) is 1. The number of benzene rings is 2. The largest absolute Gasteiger partial charge is 0.508 e. The molecule has 2 fully saturated rings. The molecule has 2 amide bonds. The van der Waals surface area contributed by atoms with E-state index in [-0.39, 0.29) is 23.9 Å². The van der Waals surface area contributed by atoms with Gasteiger partial charge in [0.25, 0.3) is 5.91 Å². The molecule has 0 spiro atoms. The molecule has 2 aliphatic rings. The molecule has 4 N–H and O–H groups in total.